The van der Waals surface area contributed by atoms with Crippen molar-refractivity contribution in [3.05, 3.63) is 53.6 Å². The van der Waals surface area contributed by atoms with Gasteiger partial charge in [0.1, 0.15) is 11.5 Å². The van der Waals surface area contributed by atoms with Gasteiger partial charge in [-0.1, -0.05) is 18.2 Å². The van der Waals surface area contributed by atoms with Crippen LogP contribution in [-0.2, 0) is 22.6 Å². The van der Waals surface area contributed by atoms with E-state index in [0.29, 0.717) is 31.0 Å². The molecule has 2 N–H and O–H groups in total. The van der Waals surface area contributed by atoms with E-state index in [0.717, 1.165) is 16.9 Å². The van der Waals surface area contributed by atoms with Crippen LogP contribution in [0, 0.1) is 0 Å². The van der Waals surface area contributed by atoms with Crippen molar-refractivity contribution in [2.24, 2.45) is 0 Å². The van der Waals surface area contributed by atoms with Crippen molar-refractivity contribution in [2.45, 2.75) is 19.9 Å². The van der Waals surface area contributed by atoms with Crippen LogP contribution in [-0.4, -0.2) is 25.0 Å². The summed E-state index contributed by atoms with van der Waals surface area (Å²) in [5.41, 5.74) is 2.45. The fourth-order valence-electron chi connectivity index (χ4n) is 2.56. The molecule has 0 bridgehead atoms. The van der Waals surface area contributed by atoms with E-state index in [1.54, 1.807) is 6.07 Å². The maximum absolute atomic E-state index is 12.1. The molecular formula is C19H20N2O4. The fraction of sp³-hybridized carbons (Fsp3) is 0.263. The molecular weight excluding hydrogens is 320 g/mol. The Bertz CT molecular complexity index is 771. The summed E-state index contributed by atoms with van der Waals surface area (Å²) in [5, 5.41) is 5.64. The third kappa shape index (κ3) is 4.50. The molecule has 1 aliphatic heterocycles. The second-order valence-corrected chi connectivity index (χ2v) is 5.70. The summed E-state index contributed by atoms with van der Waals surface area (Å²) >= 11 is 0. The number of benzene rings is 2. The summed E-state index contributed by atoms with van der Waals surface area (Å²) in [6.45, 7) is 2.97. The van der Waals surface area contributed by atoms with Gasteiger partial charge in [0.15, 0.2) is 6.61 Å². The Kier molecular flexibility index (Phi) is 5.18. The first-order valence-electron chi connectivity index (χ1n) is 8.18. The Morgan fingerprint density at radius 3 is 2.72 bits per heavy atom. The van der Waals surface area contributed by atoms with Crippen LogP contribution in [0.4, 0.5) is 5.69 Å². The first kappa shape index (κ1) is 16.8. The highest BCUT2D eigenvalue weighted by Crippen LogP contribution is 2.28. The summed E-state index contributed by atoms with van der Waals surface area (Å²) < 4.78 is 10.7. The lowest BCUT2D eigenvalue weighted by Gasteiger charge is -2.18. The van der Waals surface area contributed by atoms with Crippen molar-refractivity contribution in [2.75, 3.05) is 18.5 Å². The topological polar surface area (TPSA) is 76.7 Å². The average molecular weight is 340 g/mol. The minimum Gasteiger partial charge on any atom is -0.494 e. The second kappa shape index (κ2) is 7.70. The number of anilines is 1. The molecule has 130 valence electrons. The summed E-state index contributed by atoms with van der Waals surface area (Å²) in [7, 11) is 0. The van der Waals surface area contributed by atoms with E-state index in [1.165, 1.54) is 0 Å². The predicted octanol–water partition coefficient (Wildman–Crippen LogP) is 2.28. The number of nitrogens with one attached hydrogen (secondary N) is 2. The van der Waals surface area contributed by atoms with Gasteiger partial charge in [0.25, 0.3) is 5.91 Å². The van der Waals surface area contributed by atoms with E-state index < -0.39 is 0 Å². The molecule has 25 heavy (non-hydrogen) atoms. The molecule has 0 aromatic heterocycles. The van der Waals surface area contributed by atoms with Crippen molar-refractivity contribution >= 4 is 17.5 Å². The molecule has 6 nitrogen and oxygen atoms in total. The first-order valence-corrected chi connectivity index (χ1v) is 8.18. The maximum atomic E-state index is 12.1. The molecule has 3 rings (SSSR count). The number of carbonyl (C=O) groups is 2. The van der Waals surface area contributed by atoms with Crippen LogP contribution >= 0.6 is 0 Å². The monoisotopic (exact) mass is 340 g/mol. The van der Waals surface area contributed by atoms with E-state index in [2.05, 4.69) is 10.6 Å². The van der Waals surface area contributed by atoms with Crippen LogP contribution < -0.4 is 20.1 Å². The van der Waals surface area contributed by atoms with E-state index >= 15 is 0 Å². The largest absolute Gasteiger partial charge is 0.494 e. The third-order valence-corrected chi connectivity index (χ3v) is 3.77. The molecule has 0 atom stereocenters. The van der Waals surface area contributed by atoms with E-state index in [-0.39, 0.29) is 18.4 Å². The van der Waals surface area contributed by atoms with Gasteiger partial charge >= 0.3 is 0 Å². The zero-order valence-electron chi connectivity index (χ0n) is 14.0. The molecule has 0 saturated carbocycles. The number of fused-ring (bicyclic) bond motifs is 1. The zero-order valence-corrected chi connectivity index (χ0v) is 14.0. The summed E-state index contributed by atoms with van der Waals surface area (Å²) in [6.07, 6.45) is 0.303. The lowest BCUT2D eigenvalue weighted by molar-refractivity contribution is -0.120. The third-order valence-electron chi connectivity index (χ3n) is 3.77. The number of carbonyl (C=O) groups excluding carboxylic acids is 2. The molecule has 0 radical (unpaired) electrons. The van der Waals surface area contributed by atoms with E-state index in [4.69, 9.17) is 9.47 Å². The van der Waals surface area contributed by atoms with Gasteiger partial charge in [-0.25, -0.2) is 0 Å². The number of rotatable bonds is 6. The van der Waals surface area contributed by atoms with Crippen molar-refractivity contribution in [1.82, 2.24) is 5.32 Å². The molecule has 0 aliphatic carbocycles. The molecule has 2 amide bonds. The van der Waals surface area contributed by atoms with Crippen molar-refractivity contribution in [3.63, 3.8) is 0 Å². The van der Waals surface area contributed by atoms with Crippen LogP contribution in [0.1, 0.15) is 18.1 Å². The minimum atomic E-state index is -0.177. The zero-order chi connectivity index (χ0) is 17.6. The number of amides is 2. The van der Waals surface area contributed by atoms with Crippen LogP contribution in [0.25, 0.3) is 0 Å². The Balaban J connectivity index is 1.53. The number of hydrogen-bond acceptors (Lipinski definition) is 4. The lowest BCUT2D eigenvalue weighted by atomic mass is 10.1. The summed E-state index contributed by atoms with van der Waals surface area (Å²) in [5.74, 6) is 1.19. The highest BCUT2D eigenvalue weighted by Gasteiger charge is 2.16. The number of ether oxygens (including phenoxy) is 2. The Hall–Kier alpha value is -3.02. The molecule has 0 unspecified atom stereocenters. The molecule has 6 heteroatoms. The molecule has 2 aromatic carbocycles. The highest BCUT2D eigenvalue weighted by molar-refractivity contribution is 5.95. The van der Waals surface area contributed by atoms with Gasteiger partial charge in [-0.05, 0) is 42.3 Å². The average Bonchev–Trinajstić information content (AvgIpc) is 2.61. The van der Waals surface area contributed by atoms with Crippen LogP contribution in [0.5, 0.6) is 11.5 Å². The smallest absolute Gasteiger partial charge is 0.262 e. The van der Waals surface area contributed by atoms with Gasteiger partial charge in [-0.2, -0.15) is 0 Å². The normalized spacial score (nSPS) is 12.6. The van der Waals surface area contributed by atoms with Crippen molar-refractivity contribution < 1.29 is 19.1 Å². The second-order valence-electron chi connectivity index (χ2n) is 5.70. The van der Waals surface area contributed by atoms with E-state index in [9.17, 15) is 9.59 Å². The van der Waals surface area contributed by atoms with Crippen LogP contribution in [0.15, 0.2) is 42.5 Å². The van der Waals surface area contributed by atoms with E-state index in [1.807, 2.05) is 43.3 Å². The molecule has 1 aliphatic rings. The van der Waals surface area contributed by atoms with Crippen LogP contribution in [0.3, 0.4) is 0 Å². The SMILES string of the molecule is CCOc1ccc(CC(=O)NCc2ccc3c(c2)NC(=O)CO3)cc1. The van der Waals surface area contributed by atoms with Gasteiger partial charge in [-0.15, -0.1) is 0 Å². The Morgan fingerprint density at radius 2 is 1.96 bits per heavy atom. The van der Waals surface area contributed by atoms with Gasteiger partial charge in [0.05, 0.1) is 18.7 Å². The maximum Gasteiger partial charge on any atom is 0.262 e. The van der Waals surface area contributed by atoms with Crippen LogP contribution in [0.2, 0.25) is 0 Å². The summed E-state index contributed by atoms with van der Waals surface area (Å²) in [6, 6.07) is 13.0. The molecule has 2 aromatic rings. The number of hydrogen-bond donors (Lipinski definition) is 2. The van der Waals surface area contributed by atoms with Crippen molar-refractivity contribution in [1.29, 1.82) is 0 Å². The Labute approximate surface area is 146 Å². The van der Waals surface area contributed by atoms with Gasteiger partial charge in [0.2, 0.25) is 5.91 Å². The first-order chi connectivity index (χ1) is 12.1. The van der Waals surface area contributed by atoms with Crippen molar-refractivity contribution in [3.8, 4) is 11.5 Å². The molecule has 1 heterocycles. The molecule has 0 spiro atoms. The molecule has 0 saturated heterocycles. The van der Waals surface area contributed by atoms with Gasteiger partial charge in [-0.3, -0.25) is 9.59 Å². The lowest BCUT2D eigenvalue weighted by Crippen LogP contribution is -2.26. The standard InChI is InChI=1S/C19H20N2O4/c1-2-24-15-6-3-13(4-7-15)10-18(22)20-11-14-5-8-17-16(9-14)21-19(23)12-25-17/h3-9H,2,10-12H2,1H3,(H,20,22)(H,21,23). The predicted molar refractivity (Wildman–Crippen MR) is 93.7 cm³/mol. The Morgan fingerprint density at radius 1 is 1.20 bits per heavy atom. The summed E-state index contributed by atoms with van der Waals surface area (Å²) in [4.78, 5) is 23.5. The van der Waals surface area contributed by atoms with Gasteiger partial charge < -0.3 is 20.1 Å². The minimum absolute atomic E-state index is 0.0329. The fourth-order valence-corrected chi connectivity index (χ4v) is 2.56. The van der Waals surface area contributed by atoms with Gasteiger partial charge in [0, 0.05) is 6.54 Å². The quantitative estimate of drug-likeness (QED) is 0.846. The molecule has 0 fully saturated rings. The highest BCUT2D eigenvalue weighted by atomic mass is 16.5.